The highest BCUT2D eigenvalue weighted by Gasteiger charge is 2.48. The van der Waals surface area contributed by atoms with E-state index in [1.54, 1.807) is 0 Å². The molecule has 1 aromatic carbocycles. The van der Waals surface area contributed by atoms with Gasteiger partial charge in [0.15, 0.2) is 11.6 Å². The molecule has 4 fully saturated rings. The van der Waals surface area contributed by atoms with E-state index in [9.17, 15) is 13.2 Å². The average Bonchev–Trinajstić information content (AvgIpc) is 2.35. The highest BCUT2D eigenvalue weighted by molar-refractivity contribution is 5.48. The molecule has 4 heteroatoms. The number of benzene rings is 1. The van der Waals surface area contributed by atoms with Gasteiger partial charge in [0.05, 0.1) is 0 Å². The second-order valence-corrected chi connectivity index (χ2v) is 6.85. The normalized spacial score (nSPS) is 38.2. The van der Waals surface area contributed by atoms with Crippen LogP contribution in [0.25, 0.3) is 0 Å². The van der Waals surface area contributed by atoms with Crippen molar-refractivity contribution in [2.24, 2.45) is 23.7 Å². The molecule has 20 heavy (non-hydrogen) atoms. The molecule has 0 atom stereocenters. The van der Waals surface area contributed by atoms with Crippen LogP contribution in [-0.2, 0) is 0 Å². The predicted octanol–water partition coefficient (Wildman–Crippen LogP) is 4.34. The zero-order valence-corrected chi connectivity index (χ0v) is 11.2. The Morgan fingerprint density at radius 2 is 1.30 bits per heavy atom. The molecular weight excluding hydrogens is 263 g/mol. The monoisotopic (exact) mass is 281 g/mol. The topological polar surface area (TPSA) is 12.0 Å². The Hall–Kier alpha value is -1.19. The standard InChI is InChI=1S/C16H18F3N/c17-12-6-13(18)16(14(19)7-12)20-15-10-2-8-1-9(4-10)5-11(15)3-8/h6-11,15,20H,1-5H2. The van der Waals surface area contributed by atoms with Gasteiger partial charge in [0.2, 0.25) is 0 Å². The highest BCUT2D eigenvalue weighted by atomic mass is 19.1. The molecule has 0 unspecified atom stereocenters. The van der Waals surface area contributed by atoms with Gasteiger partial charge in [0.25, 0.3) is 0 Å². The molecule has 0 aliphatic heterocycles. The molecule has 0 amide bonds. The van der Waals surface area contributed by atoms with Crippen molar-refractivity contribution in [1.29, 1.82) is 0 Å². The van der Waals surface area contributed by atoms with E-state index in [2.05, 4.69) is 5.32 Å². The summed E-state index contributed by atoms with van der Waals surface area (Å²) in [6.07, 6.45) is 6.05. The van der Waals surface area contributed by atoms with Gasteiger partial charge in [-0.2, -0.15) is 0 Å². The van der Waals surface area contributed by atoms with Gasteiger partial charge in [0, 0.05) is 18.2 Å². The van der Waals surface area contributed by atoms with E-state index < -0.39 is 17.5 Å². The van der Waals surface area contributed by atoms with E-state index in [1.165, 1.54) is 32.1 Å². The second kappa shape index (κ2) is 4.40. The van der Waals surface area contributed by atoms with Crippen molar-refractivity contribution in [2.45, 2.75) is 38.1 Å². The van der Waals surface area contributed by atoms with Crippen molar-refractivity contribution in [2.75, 3.05) is 5.32 Å². The lowest BCUT2D eigenvalue weighted by molar-refractivity contribution is 0.00734. The molecule has 4 saturated carbocycles. The van der Waals surface area contributed by atoms with Crippen LogP contribution in [0.3, 0.4) is 0 Å². The van der Waals surface area contributed by atoms with Crippen molar-refractivity contribution in [3.63, 3.8) is 0 Å². The molecule has 4 aliphatic carbocycles. The summed E-state index contributed by atoms with van der Waals surface area (Å²) in [4.78, 5) is 0. The number of hydrogen-bond donors (Lipinski definition) is 1. The third-order valence-corrected chi connectivity index (χ3v) is 5.54. The smallest absolute Gasteiger partial charge is 0.152 e. The Bertz CT molecular complexity index is 492. The molecule has 5 rings (SSSR count). The summed E-state index contributed by atoms with van der Waals surface area (Å²) in [5.41, 5.74) is -0.149. The molecule has 108 valence electrons. The predicted molar refractivity (Wildman–Crippen MR) is 70.8 cm³/mol. The Morgan fingerprint density at radius 3 is 1.80 bits per heavy atom. The van der Waals surface area contributed by atoms with Crippen LogP contribution in [0.4, 0.5) is 18.9 Å². The average molecular weight is 281 g/mol. The first-order chi connectivity index (χ1) is 9.60. The first-order valence-corrected chi connectivity index (χ1v) is 7.51. The minimum absolute atomic E-state index is 0.149. The zero-order chi connectivity index (χ0) is 13.9. The van der Waals surface area contributed by atoms with Crippen molar-refractivity contribution in [1.82, 2.24) is 0 Å². The summed E-state index contributed by atoms with van der Waals surface area (Å²) in [5.74, 6) is 0.172. The Balaban J connectivity index is 1.61. The van der Waals surface area contributed by atoms with Gasteiger partial charge in [-0.1, -0.05) is 0 Å². The Kier molecular flexibility index (Phi) is 2.76. The van der Waals surface area contributed by atoms with Crippen LogP contribution in [0.1, 0.15) is 32.1 Å². The van der Waals surface area contributed by atoms with Crippen LogP contribution in [0, 0.1) is 41.1 Å². The van der Waals surface area contributed by atoms with Crippen LogP contribution in [0.15, 0.2) is 12.1 Å². The molecule has 0 aromatic heterocycles. The van der Waals surface area contributed by atoms with Gasteiger partial charge in [0.1, 0.15) is 11.5 Å². The molecule has 1 aromatic rings. The van der Waals surface area contributed by atoms with Gasteiger partial charge < -0.3 is 5.32 Å². The fourth-order valence-electron chi connectivity index (χ4n) is 5.01. The SMILES string of the molecule is Fc1cc(F)c(NC2C3CC4CC(C3)CC2C4)c(F)c1. The van der Waals surface area contributed by atoms with Gasteiger partial charge in [-0.05, 0) is 55.8 Å². The Morgan fingerprint density at radius 1 is 0.800 bits per heavy atom. The molecule has 0 radical (unpaired) electrons. The number of rotatable bonds is 2. The maximum Gasteiger partial charge on any atom is 0.152 e. The van der Waals surface area contributed by atoms with Crippen molar-refractivity contribution < 1.29 is 13.2 Å². The summed E-state index contributed by atoms with van der Waals surface area (Å²) in [7, 11) is 0. The zero-order valence-electron chi connectivity index (χ0n) is 11.2. The van der Waals surface area contributed by atoms with Gasteiger partial charge in [-0.3, -0.25) is 0 Å². The Labute approximate surface area is 116 Å². The number of hydrogen-bond acceptors (Lipinski definition) is 1. The molecule has 1 N–H and O–H groups in total. The maximum atomic E-state index is 13.8. The van der Waals surface area contributed by atoms with E-state index in [1.807, 2.05) is 0 Å². The van der Waals surface area contributed by atoms with Crippen LogP contribution in [0.5, 0.6) is 0 Å². The summed E-state index contributed by atoms with van der Waals surface area (Å²) in [6.45, 7) is 0. The van der Waals surface area contributed by atoms with Gasteiger partial charge >= 0.3 is 0 Å². The first-order valence-electron chi connectivity index (χ1n) is 7.51. The lowest BCUT2D eigenvalue weighted by Crippen LogP contribution is -2.51. The van der Waals surface area contributed by atoms with Crippen LogP contribution in [0.2, 0.25) is 0 Å². The quantitative estimate of drug-likeness (QED) is 0.850. The highest BCUT2D eigenvalue weighted by Crippen LogP contribution is 2.54. The number of anilines is 1. The molecule has 4 aliphatic rings. The largest absolute Gasteiger partial charge is 0.377 e. The summed E-state index contributed by atoms with van der Waals surface area (Å²) in [5, 5.41) is 3.07. The lowest BCUT2D eigenvalue weighted by Gasteiger charge is -2.54. The fourth-order valence-corrected chi connectivity index (χ4v) is 5.01. The van der Waals surface area contributed by atoms with E-state index in [4.69, 9.17) is 0 Å². The second-order valence-electron chi connectivity index (χ2n) is 6.85. The third-order valence-electron chi connectivity index (χ3n) is 5.54. The minimum atomic E-state index is -0.865. The minimum Gasteiger partial charge on any atom is -0.377 e. The van der Waals surface area contributed by atoms with Crippen molar-refractivity contribution >= 4 is 5.69 Å². The summed E-state index contributed by atoms with van der Waals surface area (Å²) < 4.78 is 40.5. The van der Waals surface area contributed by atoms with Crippen molar-refractivity contribution in [3.05, 3.63) is 29.6 Å². The van der Waals surface area contributed by atoms with Crippen molar-refractivity contribution in [3.8, 4) is 0 Å². The summed E-state index contributed by atoms with van der Waals surface area (Å²) in [6, 6.07) is 1.65. The summed E-state index contributed by atoms with van der Waals surface area (Å²) >= 11 is 0. The molecule has 0 saturated heterocycles. The van der Waals surface area contributed by atoms with Crippen LogP contribution < -0.4 is 5.32 Å². The molecule has 4 bridgehead atoms. The van der Waals surface area contributed by atoms with E-state index in [0.29, 0.717) is 11.8 Å². The molecular formula is C16H18F3N. The third kappa shape index (κ3) is 1.92. The fraction of sp³-hybridized carbons (Fsp3) is 0.625. The molecule has 1 nitrogen and oxygen atoms in total. The number of nitrogens with one attached hydrogen (secondary N) is 1. The molecule has 0 spiro atoms. The molecule has 0 heterocycles. The van der Waals surface area contributed by atoms with Gasteiger partial charge in [-0.15, -0.1) is 0 Å². The van der Waals surface area contributed by atoms with Crippen LogP contribution in [-0.4, -0.2) is 6.04 Å². The van der Waals surface area contributed by atoms with E-state index in [0.717, 1.165) is 24.0 Å². The van der Waals surface area contributed by atoms with Crippen LogP contribution >= 0.6 is 0 Å². The number of halogens is 3. The first kappa shape index (κ1) is 12.5. The lowest BCUT2D eigenvalue weighted by atomic mass is 9.54. The van der Waals surface area contributed by atoms with E-state index >= 15 is 0 Å². The maximum absolute atomic E-state index is 13.8. The van der Waals surface area contributed by atoms with E-state index in [-0.39, 0.29) is 11.7 Å². The van der Waals surface area contributed by atoms with Gasteiger partial charge in [-0.25, -0.2) is 13.2 Å².